The summed E-state index contributed by atoms with van der Waals surface area (Å²) in [6.45, 7) is 1.24. The molecule has 1 fully saturated rings. The van der Waals surface area contributed by atoms with Crippen molar-refractivity contribution in [3.63, 3.8) is 0 Å². The molecular formula is C14H20N2O4. The van der Waals surface area contributed by atoms with Gasteiger partial charge in [-0.15, -0.1) is 0 Å². The van der Waals surface area contributed by atoms with E-state index in [0.29, 0.717) is 43.1 Å². The van der Waals surface area contributed by atoms with Gasteiger partial charge in [-0.05, 0) is 18.2 Å². The van der Waals surface area contributed by atoms with Gasteiger partial charge in [-0.3, -0.25) is 4.79 Å². The smallest absolute Gasteiger partial charge is 0.251 e. The van der Waals surface area contributed by atoms with E-state index >= 15 is 0 Å². The third kappa shape index (κ3) is 3.40. The summed E-state index contributed by atoms with van der Waals surface area (Å²) >= 11 is 0. The lowest BCUT2D eigenvalue weighted by Gasteiger charge is -2.32. The Morgan fingerprint density at radius 2 is 2.20 bits per heavy atom. The average Bonchev–Trinajstić information content (AvgIpc) is 2.45. The van der Waals surface area contributed by atoms with Gasteiger partial charge in [-0.25, -0.2) is 0 Å². The molecule has 4 N–H and O–H groups in total. The van der Waals surface area contributed by atoms with Crippen LogP contribution in [0.1, 0.15) is 23.2 Å². The van der Waals surface area contributed by atoms with Crippen molar-refractivity contribution in [2.45, 2.75) is 18.4 Å². The second-order valence-corrected chi connectivity index (χ2v) is 4.98. The van der Waals surface area contributed by atoms with Crippen molar-refractivity contribution in [3.8, 4) is 5.75 Å². The highest BCUT2D eigenvalue weighted by atomic mass is 16.5. The van der Waals surface area contributed by atoms with Crippen LogP contribution in [-0.2, 0) is 4.74 Å². The van der Waals surface area contributed by atoms with Gasteiger partial charge in [0, 0.05) is 38.2 Å². The molecule has 0 radical (unpaired) electrons. The zero-order valence-electron chi connectivity index (χ0n) is 11.5. The number of aliphatic hydroxyl groups is 1. The fourth-order valence-electron chi connectivity index (χ4n) is 2.15. The minimum absolute atomic E-state index is 0.209. The van der Waals surface area contributed by atoms with E-state index in [2.05, 4.69) is 5.32 Å². The van der Waals surface area contributed by atoms with Gasteiger partial charge in [-0.1, -0.05) is 0 Å². The van der Waals surface area contributed by atoms with Crippen LogP contribution < -0.4 is 15.8 Å². The van der Waals surface area contributed by atoms with Crippen molar-refractivity contribution in [2.24, 2.45) is 0 Å². The molecule has 1 saturated heterocycles. The highest BCUT2D eigenvalue weighted by molar-refractivity contribution is 5.95. The summed E-state index contributed by atoms with van der Waals surface area (Å²) in [6.07, 6.45) is 1.05. The van der Waals surface area contributed by atoms with Crippen molar-refractivity contribution < 1.29 is 19.4 Å². The second-order valence-electron chi connectivity index (χ2n) is 4.98. The summed E-state index contributed by atoms with van der Waals surface area (Å²) < 4.78 is 10.2. The number of benzene rings is 1. The van der Waals surface area contributed by atoms with Crippen LogP contribution in [0.4, 0.5) is 5.69 Å². The number of amides is 1. The molecule has 20 heavy (non-hydrogen) atoms. The SMILES string of the molecule is COc1ccc(C(=O)NCC2(O)CCOCC2)cc1N. The number of rotatable bonds is 4. The summed E-state index contributed by atoms with van der Waals surface area (Å²) in [6, 6.07) is 4.84. The van der Waals surface area contributed by atoms with Gasteiger partial charge in [0.25, 0.3) is 5.91 Å². The molecule has 6 heteroatoms. The lowest BCUT2D eigenvalue weighted by Crippen LogP contribution is -2.46. The number of ether oxygens (including phenoxy) is 2. The summed E-state index contributed by atoms with van der Waals surface area (Å²) in [5.74, 6) is 0.267. The molecule has 0 saturated carbocycles. The standard InChI is InChI=1S/C14H20N2O4/c1-19-12-3-2-10(8-11(12)15)13(17)16-9-14(18)4-6-20-7-5-14/h2-3,8,18H,4-7,9,15H2,1H3,(H,16,17). The van der Waals surface area contributed by atoms with E-state index in [1.807, 2.05) is 0 Å². The molecule has 0 unspecified atom stereocenters. The maximum Gasteiger partial charge on any atom is 0.251 e. The highest BCUT2D eigenvalue weighted by Crippen LogP contribution is 2.22. The first kappa shape index (κ1) is 14.6. The van der Waals surface area contributed by atoms with Gasteiger partial charge in [0.05, 0.1) is 18.4 Å². The minimum Gasteiger partial charge on any atom is -0.495 e. The van der Waals surface area contributed by atoms with Gasteiger partial charge >= 0.3 is 0 Å². The Hall–Kier alpha value is -1.79. The van der Waals surface area contributed by atoms with Crippen LogP contribution in [0, 0.1) is 0 Å². The number of carbonyl (C=O) groups excluding carboxylic acids is 1. The largest absolute Gasteiger partial charge is 0.495 e. The lowest BCUT2D eigenvalue weighted by atomic mass is 9.94. The van der Waals surface area contributed by atoms with E-state index in [0.717, 1.165) is 0 Å². The Kier molecular flexibility index (Phi) is 4.46. The molecule has 110 valence electrons. The summed E-state index contributed by atoms with van der Waals surface area (Å²) in [5.41, 5.74) is 5.73. The third-order valence-corrected chi connectivity index (χ3v) is 3.49. The Morgan fingerprint density at radius 1 is 1.50 bits per heavy atom. The topological polar surface area (TPSA) is 93.8 Å². The normalized spacial score (nSPS) is 17.5. The Morgan fingerprint density at radius 3 is 2.80 bits per heavy atom. The Bertz CT molecular complexity index is 484. The molecular weight excluding hydrogens is 260 g/mol. The number of anilines is 1. The first-order chi connectivity index (χ1) is 9.54. The Labute approximate surface area is 117 Å². The first-order valence-corrected chi connectivity index (χ1v) is 6.56. The highest BCUT2D eigenvalue weighted by Gasteiger charge is 2.30. The van der Waals surface area contributed by atoms with E-state index in [9.17, 15) is 9.90 Å². The zero-order valence-corrected chi connectivity index (χ0v) is 11.5. The fraction of sp³-hybridized carbons (Fsp3) is 0.500. The summed E-state index contributed by atoms with van der Waals surface area (Å²) in [4.78, 5) is 12.0. The van der Waals surface area contributed by atoms with E-state index in [1.165, 1.54) is 7.11 Å². The number of hydrogen-bond acceptors (Lipinski definition) is 5. The van der Waals surface area contributed by atoms with Gasteiger partial charge in [0.2, 0.25) is 0 Å². The zero-order chi connectivity index (χ0) is 14.6. The van der Waals surface area contributed by atoms with Crippen LogP contribution >= 0.6 is 0 Å². The van der Waals surface area contributed by atoms with Gasteiger partial charge in [0.15, 0.2) is 0 Å². The van der Waals surface area contributed by atoms with Crippen LogP contribution in [-0.4, -0.2) is 43.5 Å². The molecule has 0 atom stereocenters. The van der Waals surface area contributed by atoms with Crippen molar-refractivity contribution in [3.05, 3.63) is 23.8 Å². The van der Waals surface area contributed by atoms with Crippen LogP contribution in [0.3, 0.4) is 0 Å². The molecule has 1 aromatic carbocycles. The van der Waals surface area contributed by atoms with Gasteiger partial charge in [-0.2, -0.15) is 0 Å². The molecule has 0 bridgehead atoms. The third-order valence-electron chi connectivity index (χ3n) is 3.49. The molecule has 2 rings (SSSR count). The first-order valence-electron chi connectivity index (χ1n) is 6.56. The number of carbonyl (C=O) groups is 1. The lowest BCUT2D eigenvalue weighted by molar-refractivity contribution is -0.0605. The fourth-order valence-corrected chi connectivity index (χ4v) is 2.15. The molecule has 1 aromatic rings. The van der Waals surface area contributed by atoms with Crippen molar-refractivity contribution >= 4 is 11.6 Å². The average molecular weight is 280 g/mol. The maximum atomic E-state index is 12.0. The van der Waals surface area contributed by atoms with Crippen molar-refractivity contribution in [2.75, 3.05) is 32.6 Å². The molecule has 1 aliphatic rings. The monoisotopic (exact) mass is 280 g/mol. The van der Waals surface area contributed by atoms with Crippen LogP contribution in [0.25, 0.3) is 0 Å². The Balaban J connectivity index is 1.96. The number of hydrogen-bond donors (Lipinski definition) is 3. The molecule has 1 amide bonds. The predicted molar refractivity (Wildman–Crippen MR) is 74.7 cm³/mol. The number of nitrogen functional groups attached to an aromatic ring is 1. The van der Waals surface area contributed by atoms with E-state index in [1.54, 1.807) is 18.2 Å². The maximum absolute atomic E-state index is 12.0. The predicted octanol–water partition coefficient (Wildman–Crippen LogP) is 0.549. The number of nitrogens with two attached hydrogens (primary N) is 1. The number of nitrogens with one attached hydrogen (secondary N) is 1. The molecule has 0 spiro atoms. The molecule has 0 aliphatic carbocycles. The minimum atomic E-state index is -0.883. The summed E-state index contributed by atoms with van der Waals surface area (Å²) in [5, 5.41) is 13.0. The van der Waals surface area contributed by atoms with E-state index in [4.69, 9.17) is 15.2 Å². The van der Waals surface area contributed by atoms with E-state index < -0.39 is 5.60 Å². The second kappa shape index (κ2) is 6.11. The quantitative estimate of drug-likeness (QED) is 0.700. The summed E-state index contributed by atoms with van der Waals surface area (Å²) in [7, 11) is 1.52. The number of methoxy groups -OCH3 is 1. The molecule has 6 nitrogen and oxygen atoms in total. The molecule has 1 heterocycles. The molecule has 1 aliphatic heterocycles. The van der Waals surface area contributed by atoms with Crippen LogP contribution in [0.15, 0.2) is 18.2 Å². The van der Waals surface area contributed by atoms with Gasteiger partial charge in [0.1, 0.15) is 5.75 Å². The van der Waals surface area contributed by atoms with E-state index in [-0.39, 0.29) is 12.5 Å². The van der Waals surface area contributed by atoms with Crippen molar-refractivity contribution in [1.29, 1.82) is 0 Å². The van der Waals surface area contributed by atoms with Crippen molar-refractivity contribution in [1.82, 2.24) is 5.32 Å². The van der Waals surface area contributed by atoms with Crippen LogP contribution in [0.2, 0.25) is 0 Å². The molecule has 0 aromatic heterocycles. The van der Waals surface area contributed by atoms with Crippen LogP contribution in [0.5, 0.6) is 5.75 Å². The van der Waals surface area contributed by atoms with Gasteiger partial charge < -0.3 is 25.6 Å².